The number of piperidine rings is 1. The van der Waals surface area contributed by atoms with Crippen molar-refractivity contribution in [1.82, 2.24) is 14.8 Å². The van der Waals surface area contributed by atoms with E-state index in [9.17, 15) is 22.4 Å². The highest BCUT2D eigenvalue weighted by Gasteiger charge is 2.46. The Labute approximate surface area is 185 Å². The van der Waals surface area contributed by atoms with E-state index in [0.29, 0.717) is 31.6 Å². The van der Waals surface area contributed by atoms with Gasteiger partial charge in [-0.25, -0.2) is 4.39 Å². The molecule has 0 saturated carbocycles. The number of halogens is 4. The van der Waals surface area contributed by atoms with E-state index in [1.165, 1.54) is 22.8 Å². The summed E-state index contributed by atoms with van der Waals surface area (Å²) >= 11 is 0. The molecule has 1 aromatic carbocycles. The van der Waals surface area contributed by atoms with Gasteiger partial charge in [0.1, 0.15) is 5.69 Å². The highest BCUT2D eigenvalue weighted by molar-refractivity contribution is 5.94. The van der Waals surface area contributed by atoms with Gasteiger partial charge in [-0.05, 0) is 63.9 Å². The largest absolute Gasteiger partial charge is 0.488 e. The SMILES string of the molecule is CC(C)Oc1ccc(C(=O)N2CCC3(CC2)N[C@@H](C)Cn2c(C(F)(F)F)ccc23)cc1F.[HH]. The summed E-state index contributed by atoms with van der Waals surface area (Å²) in [6.07, 6.45) is -3.66. The molecule has 1 fully saturated rings. The summed E-state index contributed by atoms with van der Waals surface area (Å²) in [6.45, 7) is 6.40. The molecule has 2 aromatic rings. The lowest BCUT2D eigenvalue weighted by molar-refractivity contribution is -0.144. The Morgan fingerprint density at radius 2 is 1.91 bits per heavy atom. The Hall–Kier alpha value is -2.55. The van der Waals surface area contributed by atoms with E-state index in [-0.39, 0.29) is 37.3 Å². The smallest absolute Gasteiger partial charge is 0.431 e. The number of hydrogen-bond acceptors (Lipinski definition) is 3. The lowest BCUT2D eigenvalue weighted by atomic mass is 9.82. The van der Waals surface area contributed by atoms with Gasteiger partial charge in [0.25, 0.3) is 5.91 Å². The van der Waals surface area contributed by atoms with Gasteiger partial charge in [0.05, 0.1) is 11.6 Å². The molecule has 2 aliphatic rings. The van der Waals surface area contributed by atoms with Crippen molar-refractivity contribution in [1.29, 1.82) is 0 Å². The van der Waals surface area contributed by atoms with Crippen LogP contribution in [0.3, 0.4) is 0 Å². The number of ether oxygens (including phenoxy) is 1. The quantitative estimate of drug-likeness (QED) is 0.677. The van der Waals surface area contributed by atoms with Crippen LogP contribution in [0, 0.1) is 5.82 Å². The molecule has 0 bridgehead atoms. The molecule has 1 atom stereocenters. The summed E-state index contributed by atoms with van der Waals surface area (Å²) in [5.74, 6) is -0.806. The van der Waals surface area contributed by atoms with Crippen LogP contribution in [0.4, 0.5) is 17.6 Å². The lowest BCUT2D eigenvalue weighted by Crippen LogP contribution is -2.59. The van der Waals surface area contributed by atoms with Crippen LogP contribution in [0.2, 0.25) is 0 Å². The second kappa shape index (κ2) is 8.10. The number of alkyl halides is 3. The molecule has 9 heteroatoms. The van der Waals surface area contributed by atoms with Gasteiger partial charge in [-0.3, -0.25) is 4.79 Å². The van der Waals surface area contributed by atoms with Gasteiger partial charge in [-0.15, -0.1) is 0 Å². The van der Waals surface area contributed by atoms with Crippen molar-refractivity contribution in [2.45, 2.75) is 64.0 Å². The number of carbonyl (C=O) groups excluding carboxylic acids is 1. The first-order chi connectivity index (χ1) is 15.0. The Kier molecular flexibility index (Phi) is 5.73. The van der Waals surface area contributed by atoms with Gasteiger partial charge < -0.3 is 19.5 Å². The third kappa shape index (κ3) is 4.10. The number of nitrogens with zero attached hydrogens (tertiary/aromatic N) is 2. The molecule has 0 radical (unpaired) electrons. The van der Waals surface area contributed by atoms with Crippen molar-refractivity contribution in [3.05, 3.63) is 53.1 Å². The summed E-state index contributed by atoms with van der Waals surface area (Å²) in [7, 11) is 0. The van der Waals surface area contributed by atoms with Gasteiger partial charge in [0.2, 0.25) is 0 Å². The fraction of sp³-hybridized carbons (Fsp3) is 0.522. The van der Waals surface area contributed by atoms with E-state index in [4.69, 9.17) is 4.74 Å². The highest BCUT2D eigenvalue weighted by Crippen LogP contribution is 2.41. The van der Waals surface area contributed by atoms with Crippen molar-refractivity contribution < 1.29 is 28.5 Å². The predicted molar refractivity (Wildman–Crippen MR) is 113 cm³/mol. The first kappa shape index (κ1) is 22.6. The lowest BCUT2D eigenvalue weighted by Gasteiger charge is -2.47. The Morgan fingerprint density at radius 3 is 2.50 bits per heavy atom. The van der Waals surface area contributed by atoms with Crippen LogP contribution in [0.25, 0.3) is 0 Å². The fourth-order valence-corrected chi connectivity index (χ4v) is 4.85. The zero-order valence-corrected chi connectivity index (χ0v) is 18.3. The number of fused-ring (bicyclic) bond motifs is 2. The average molecular weight is 455 g/mol. The van der Waals surface area contributed by atoms with Gasteiger partial charge in [0, 0.05) is 38.4 Å². The maximum atomic E-state index is 14.3. The normalized spacial score (nSPS) is 20.5. The van der Waals surface area contributed by atoms with Gasteiger partial charge >= 0.3 is 6.18 Å². The number of likely N-dealkylation sites (tertiary alicyclic amines) is 1. The van der Waals surface area contributed by atoms with Crippen LogP contribution in [-0.2, 0) is 18.3 Å². The van der Waals surface area contributed by atoms with E-state index >= 15 is 0 Å². The maximum Gasteiger partial charge on any atom is 0.431 e. The second-order valence-corrected chi connectivity index (χ2v) is 8.94. The van der Waals surface area contributed by atoms with Crippen LogP contribution in [0.15, 0.2) is 30.3 Å². The fourth-order valence-electron chi connectivity index (χ4n) is 4.85. The number of nitrogens with one attached hydrogen (secondary N) is 1. The number of hydrogen-bond donors (Lipinski definition) is 1. The van der Waals surface area contributed by atoms with Gasteiger partial charge in [-0.1, -0.05) is 0 Å². The third-order valence-electron chi connectivity index (χ3n) is 6.19. The molecule has 5 nitrogen and oxygen atoms in total. The molecule has 1 spiro atoms. The standard InChI is InChI=1S/C23H27F4N3O2.H2/c1-14(2)32-18-5-4-16(12-17(18)24)21(31)29-10-8-22(9-11-29)19-6-7-20(23(25,26)27)30(19)13-15(3)28-22;/h4-7,12,14-15,28H,8-11,13H2,1-3H3;1H/t15-;/m0./s1. The molecule has 0 aliphatic carbocycles. The molecule has 4 rings (SSSR count). The minimum atomic E-state index is -4.41. The summed E-state index contributed by atoms with van der Waals surface area (Å²) in [5.41, 5.74) is -0.436. The Balaban J connectivity index is 0.00000306. The van der Waals surface area contributed by atoms with E-state index < -0.39 is 23.2 Å². The molecular formula is C23H29F4N3O2. The molecule has 1 N–H and O–H groups in total. The van der Waals surface area contributed by atoms with Crippen LogP contribution < -0.4 is 10.1 Å². The topological polar surface area (TPSA) is 46.5 Å². The van der Waals surface area contributed by atoms with Crippen molar-refractivity contribution in [2.24, 2.45) is 0 Å². The maximum absolute atomic E-state index is 14.3. The Morgan fingerprint density at radius 1 is 1.22 bits per heavy atom. The number of carbonyl (C=O) groups is 1. The van der Waals surface area contributed by atoms with E-state index in [0.717, 1.165) is 6.07 Å². The molecule has 2 aliphatic heterocycles. The summed E-state index contributed by atoms with van der Waals surface area (Å²) < 4.78 is 61.4. The summed E-state index contributed by atoms with van der Waals surface area (Å²) in [5, 5.41) is 3.48. The third-order valence-corrected chi connectivity index (χ3v) is 6.19. The van der Waals surface area contributed by atoms with Gasteiger partial charge in [0.15, 0.2) is 11.6 Å². The second-order valence-electron chi connectivity index (χ2n) is 8.94. The van der Waals surface area contributed by atoms with Crippen LogP contribution >= 0.6 is 0 Å². The zero-order chi connectivity index (χ0) is 23.3. The number of aromatic nitrogens is 1. The Bertz CT molecular complexity index is 1010. The number of amides is 1. The molecule has 0 unspecified atom stereocenters. The molecule has 1 saturated heterocycles. The van der Waals surface area contributed by atoms with Crippen LogP contribution in [0.5, 0.6) is 5.75 Å². The van der Waals surface area contributed by atoms with E-state index in [2.05, 4.69) is 5.32 Å². The van der Waals surface area contributed by atoms with Gasteiger partial charge in [-0.2, -0.15) is 13.2 Å². The predicted octanol–water partition coefficient (Wildman–Crippen LogP) is 4.80. The number of benzene rings is 1. The number of rotatable bonds is 3. The first-order valence-corrected chi connectivity index (χ1v) is 10.8. The molecule has 176 valence electrons. The highest BCUT2D eigenvalue weighted by atomic mass is 19.4. The summed E-state index contributed by atoms with van der Waals surface area (Å²) in [6, 6.07) is 6.70. The minimum Gasteiger partial charge on any atom is -0.488 e. The van der Waals surface area contributed by atoms with Crippen LogP contribution in [-0.4, -0.2) is 40.6 Å². The molecule has 3 heterocycles. The van der Waals surface area contributed by atoms with E-state index in [1.807, 2.05) is 6.92 Å². The monoisotopic (exact) mass is 455 g/mol. The first-order valence-electron chi connectivity index (χ1n) is 10.8. The minimum absolute atomic E-state index is 0. The molecule has 32 heavy (non-hydrogen) atoms. The molecular weight excluding hydrogens is 426 g/mol. The summed E-state index contributed by atoms with van der Waals surface area (Å²) in [4.78, 5) is 14.6. The van der Waals surface area contributed by atoms with Crippen LogP contribution in [0.1, 0.15) is 56.8 Å². The van der Waals surface area contributed by atoms with Crippen molar-refractivity contribution in [3.63, 3.8) is 0 Å². The van der Waals surface area contributed by atoms with Crippen molar-refractivity contribution >= 4 is 5.91 Å². The van der Waals surface area contributed by atoms with E-state index in [1.54, 1.807) is 24.8 Å². The molecule has 1 aromatic heterocycles. The van der Waals surface area contributed by atoms with Crippen molar-refractivity contribution in [3.8, 4) is 5.75 Å². The van der Waals surface area contributed by atoms with Crippen molar-refractivity contribution in [2.75, 3.05) is 13.1 Å². The molecule has 1 amide bonds. The average Bonchev–Trinajstić information content (AvgIpc) is 3.14. The zero-order valence-electron chi connectivity index (χ0n) is 18.3.